The van der Waals surface area contributed by atoms with E-state index in [1.807, 2.05) is 0 Å². The maximum atomic E-state index is 12.5. The highest BCUT2D eigenvalue weighted by molar-refractivity contribution is 7.89. The molecular weight excluding hydrogens is 290 g/mol. The summed E-state index contributed by atoms with van der Waals surface area (Å²) in [5.41, 5.74) is 1.38. The van der Waals surface area contributed by atoms with Crippen molar-refractivity contribution >= 4 is 10.0 Å². The molecular formula is C14H25N3O3S. The molecule has 1 aromatic rings. The first-order valence-electron chi connectivity index (χ1n) is 7.33. The number of rotatable bonds is 7. The second-order valence-corrected chi connectivity index (χ2v) is 8.25. The number of nitrogens with zero attached hydrogens (tertiary/aromatic N) is 2. The highest BCUT2D eigenvalue weighted by Crippen LogP contribution is 2.51. The van der Waals surface area contributed by atoms with Crippen LogP contribution < -0.4 is 4.72 Å². The number of aliphatic hydroxyl groups is 1. The summed E-state index contributed by atoms with van der Waals surface area (Å²) in [7, 11) is -3.53. The Bertz CT molecular complexity index is 620. The van der Waals surface area contributed by atoms with Crippen molar-refractivity contribution in [1.29, 1.82) is 0 Å². The fourth-order valence-corrected chi connectivity index (χ4v) is 4.20. The number of aromatic nitrogens is 2. The van der Waals surface area contributed by atoms with E-state index in [9.17, 15) is 8.42 Å². The second kappa shape index (κ2) is 5.70. The Balaban J connectivity index is 2.14. The highest BCUT2D eigenvalue weighted by Gasteiger charge is 2.45. The predicted molar refractivity (Wildman–Crippen MR) is 80.5 cm³/mol. The summed E-state index contributed by atoms with van der Waals surface area (Å²) in [5, 5.41) is 13.2. The molecule has 120 valence electrons. The summed E-state index contributed by atoms with van der Waals surface area (Å²) in [4.78, 5) is 0.277. The van der Waals surface area contributed by atoms with Crippen LogP contribution in [0.4, 0.5) is 0 Å². The summed E-state index contributed by atoms with van der Waals surface area (Å²) in [6.45, 7) is 8.83. The number of nitrogens with one attached hydrogen (secondary N) is 1. The molecule has 1 heterocycles. The molecule has 1 saturated carbocycles. The first-order valence-corrected chi connectivity index (χ1v) is 8.82. The Labute approximate surface area is 126 Å². The number of aliphatic hydroxyl groups excluding tert-OH is 1. The number of aryl methyl sites for hydroxylation is 2. The molecule has 0 bridgehead atoms. The zero-order valence-corrected chi connectivity index (χ0v) is 14.0. The Morgan fingerprint density at radius 2 is 2.05 bits per heavy atom. The van der Waals surface area contributed by atoms with Crippen LogP contribution in [0, 0.1) is 25.2 Å². The van der Waals surface area contributed by atoms with Crippen molar-refractivity contribution in [3.05, 3.63) is 11.4 Å². The molecule has 2 N–H and O–H groups in total. The van der Waals surface area contributed by atoms with Crippen molar-refractivity contribution in [3.63, 3.8) is 0 Å². The SMILES string of the molecule is Cc1nn(CCCO)c(C)c1S(=O)(=O)NCC1CC1(C)C. The molecule has 21 heavy (non-hydrogen) atoms. The molecule has 7 heteroatoms. The molecule has 6 nitrogen and oxygen atoms in total. The van der Waals surface area contributed by atoms with E-state index in [1.165, 1.54) is 0 Å². The number of sulfonamides is 1. The van der Waals surface area contributed by atoms with E-state index >= 15 is 0 Å². The molecule has 0 aliphatic heterocycles. The zero-order chi connectivity index (χ0) is 15.8. The number of hydrogen-bond acceptors (Lipinski definition) is 4. The Kier molecular flexibility index (Phi) is 4.46. The fourth-order valence-electron chi connectivity index (χ4n) is 2.71. The van der Waals surface area contributed by atoms with Crippen LogP contribution in [-0.4, -0.2) is 36.5 Å². The van der Waals surface area contributed by atoms with Crippen molar-refractivity contribution in [3.8, 4) is 0 Å². The van der Waals surface area contributed by atoms with Gasteiger partial charge in [-0.05, 0) is 38.0 Å². The third-order valence-corrected chi connectivity index (χ3v) is 6.02. The van der Waals surface area contributed by atoms with Gasteiger partial charge in [-0.1, -0.05) is 13.8 Å². The minimum atomic E-state index is -3.53. The molecule has 2 rings (SSSR count). The van der Waals surface area contributed by atoms with Crippen molar-refractivity contribution < 1.29 is 13.5 Å². The van der Waals surface area contributed by atoms with Gasteiger partial charge in [0, 0.05) is 19.7 Å². The third-order valence-electron chi connectivity index (χ3n) is 4.35. The van der Waals surface area contributed by atoms with Gasteiger partial charge < -0.3 is 5.11 Å². The Morgan fingerprint density at radius 1 is 1.43 bits per heavy atom. The molecule has 1 unspecified atom stereocenters. The second-order valence-electron chi connectivity index (χ2n) is 6.54. The van der Waals surface area contributed by atoms with Crippen LogP contribution in [0.15, 0.2) is 4.90 Å². The lowest BCUT2D eigenvalue weighted by molar-refractivity contribution is 0.276. The van der Waals surface area contributed by atoms with Gasteiger partial charge in [0.15, 0.2) is 0 Å². The number of hydrogen-bond donors (Lipinski definition) is 2. The molecule has 1 aliphatic carbocycles. The molecule has 0 spiro atoms. The molecule has 1 atom stereocenters. The zero-order valence-electron chi connectivity index (χ0n) is 13.2. The summed E-state index contributed by atoms with van der Waals surface area (Å²) in [6.07, 6.45) is 1.62. The summed E-state index contributed by atoms with van der Waals surface area (Å²) in [5.74, 6) is 0.414. The molecule has 1 aliphatic rings. The summed E-state index contributed by atoms with van der Waals surface area (Å²) in [6, 6.07) is 0. The average molecular weight is 315 g/mol. The maximum absolute atomic E-state index is 12.5. The van der Waals surface area contributed by atoms with Crippen LogP contribution in [0.3, 0.4) is 0 Å². The predicted octanol–water partition coefficient (Wildman–Crippen LogP) is 1.21. The van der Waals surface area contributed by atoms with E-state index in [2.05, 4.69) is 23.7 Å². The minimum Gasteiger partial charge on any atom is -0.396 e. The third kappa shape index (κ3) is 3.46. The van der Waals surface area contributed by atoms with Gasteiger partial charge in [0.1, 0.15) is 4.90 Å². The van der Waals surface area contributed by atoms with Gasteiger partial charge in [-0.2, -0.15) is 5.10 Å². The van der Waals surface area contributed by atoms with Crippen molar-refractivity contribution in [1.82, 2.24) is 14.5 Å². The van der Waals surface area contributed by atoms with Crippen LogP contribution >= 0.6 is 0 Å². The molecule has 0 radical (unpaired) electrons. The first-order chi connectivity index (χ1) is 9.69. The van der Waals surface area contributed by atoms with Crippen LogP contribution in [0.25, 0.3) is 0 Å². The van der Waals surface area contributed by atoms with Gasteiger partial charge in [-0.25, -0.2) is 13.1 Å². The van der Waals surface area contributed by atoms with Gasteiger partial charge in [0.25, 0.3) is 0 Å². The van der Waals surface area contributed by atoms with Crippen molar-refractivity contribution in [2.75, 3.05) is 13.2 Å². The topological polar surface area (TPSA) is 84.2 Å². The van der Waals surface area contributed by atoms with Gasteiger partial charge in [0.2, 0.25) is 10.0 Å². The molecule has 0 saturated heterocycles. The van der Waals surface area contributed by atoms with Crippen molar-refractivity contribution in [2.45, 2.75) is 52.0 Å². The maximum Gasteiger partial charge on any atom is 0.244 e. The molecule has 1 fully saturated rings. The lowest BCUT2D eigenvalue weighted by Gasteiger charge is -2.09. The molecule has 0 amide bonds. The van der Waals surface area contributed by atoms with Crippen LogP contribution in [-0.2, 0) is 16.6 Å². The van der Waals surface area contributed by atoms with Crippen LogP contribution in [0.2, 0.25) is 0 Å². The van der Waals surface area contributed by atoms with Crippen molar-refractivity contribution in [2.24, 2.45) is 11.3 Å². The van der Waals surface area contributed by atoms with E-state index in [0.717, 1.165) is 6.42 Å². The Morgan fingerprint density at radius 3 is 2.57 bits per heavy atom. The van der Waals surface area contributed by atoms with E-state index in [1.54, 1.807) is 18.5 Å². The quantitative estimate of drug-likeness (QED) is 0.792. The average Bonchev–Trinajstić information content (AvgIpc) is 2.88. The monoisotopic (exact) mass is 315 g/mol. The fraction of sp³-hybridized carbons (Fsp3) is 0.786. The standard InChI is InChI=1S/C14H25N3O3S/c1-10-13(11(2)17(16-10)6-5-7-18)21(19,20)15-9-12-8-14(12,3)4/h12,15,18H,5-9H2,1-4H3. The minimum absolute atomic E-state index is 0.0649. The van der Waals surface area contributed by atoms with Crippen LogP contribution in [0.5, 0.6) is 0 Å². The van der Waals surface area contributed by atoms with E-state index in [0.29, 0.717) is 36.8 Å². The van der Waals surface area contributed by atoms with E-state index in [-0.39, 0.29) is 16.9 Å². The summed E-state index contributed by atoms with van der Waals surface area (Å²) < 4.78 is 29.3. The first kappa shape index (κ1) is 16.5. The summed E-state index contributed by atoms with van der Waals surface area (Å²) >= 11 is 0. The molecule has 0 aromatic carbocycles. The molecule has 1 aromatic heterocycles. The van der Waals surface area contributed by atoms with E-state index < -0.39 is 10.0 Å². The highest BCUT2D eigenvalue weighted by atomic mass is 32.2. The largest absolute Gasteiger partial charge is 0.396 e. The van der Waals surface area contributed by atoms with Crippen LogP contribution in [0.1, 0.15) is 38.1 Å². The van der Waals surface area contributed by atoms with Gasteiger partial charge in [-0.15, -0.1) is 0 Å². The Hall–Kier alpha value is -0.920. The lowest BCUT2D eigenvalue weighted by Crippen LogP contribution is -2.27. The van der Waals surface area contributed by atoms with E-state index in [4.69, 9.17) is 5.11 Å². The van der Waals surface area contributed by atoms with Gasteiger partial charge >= 0.3 is 0 Å². The smallest absolute Gasteiger partial charge is 0.244 e. The van der Waals surface area contributed by atoms with Gasteiger partial charge in [-0.3, -0.25) is 4.68 Å². The normalized spacial score (nSPS) is 20.7. The van der Waals surface area contributed by atoms with Gasteiger partial charge in [0.05, 0.1) is 11.4 Å². The lowest BCUT2D eigenvalue weighted by atomic mass is 10.1.